The van der Waals surface area contributed by atoms with E-state index in [-0.39, 0.29) is 24.4 Å². The summed E-state index contributed by atoms with van der Waals surface area (Å²) in [6.45, 7) is 1.47. The Balaban J connectivity index is 2.35. The van der Waals surface area contributed by atoms with Crippen LogP contribution in [0.4, 0.5) is 0 Å². The first kappa shape index (κ1) is 17.4. The Bertz CT molecular complexity index is 746. The minimum absolute atomic E-state index is 0.0283. The highest BCUT2D eigenvalue weighted by atomic mass is 16.5. The first-order chi connectivity index (χ1) is 11.6. The maximum atomic E-state index is 12.3. The van der Waals surface area contributed by atoms with Crippen LogP contribution in [0.1, 0.15) is 23.7 Å². The second-order valence-electron chi connectivity index (χ2n) is 4.91. The molecule has 0 bridgehead atoms. The van der Waals surface area contributed by atoms with Crippen LogP contribution in [0.25, 0.3) is 11.3 Å². The number of rotatable bonds is 7. The number of pyridine rings is 2. The van der Waals surface area contributed by atoms with Gasteiger partial charge < -0.3 is 14.2 Å². The number of esters is 1. The molecule has 0 N–H and O–H groups in total. The first-order valence-electron chi connectivity index (χ1n) is 7.26. The summed E-state index contributed by atoms with van der Waals surface area (Å²) in [6, 6.07) is 4.84. The molecule has 0 unspecified atom stereocenters. The van der Waals surface area contributed by atoms with Gasteiger partial charge in [0.05, 0.1) is 37.6 Å². The third kappa shape index (κ3) is 4.07. The highest BCUT2D eigenvalue weighted by molar-refractivity contribution is 5.96. The molecule has 0 aliphatic carbocycles. The van der Waals surface area contributed by atoms with Crippen LogP contribution in [-0.4, -0.2) is 42.5 Å². The normalized spacial score (nSPS) is 10.1. The number of ketones is 1. The number of hydrogen-bond donors (Lipinski definition) is 0. The van der Waals surface area contributed by atoms with E-state index in [4.69, 9.17) is 14.2 Å². The van der Waals surface area contributed by atoms with E-state index in [0.29, 0.717) is 22.9 Å². The summed E-state index contributed by atoms with van der Waals surface area (Å²) in [5.74, 6) is 0.253. The fourth-order valence-electron chi connectivity index (χ4n) is 2.03. The van der Waals surface area contributed by atoms with E-state index in [1.54, 1.807) is 24.4 Å². The van der Waals surface area contributed by atoms with Crippen molar-refractivity contribution in [2.24, 2.45) is 0 Å². The van der Waals surface area contributed by atoms with Crippen molar-refractivity contribution in [1.29, 1.82) is 0 Å². The summed E-state index contributed by atoms with van der Waals surface area (Å²) in [5.41, 5.74) is 1.20. The molecular formula is C17H18N2O5. The molecule has 0 spiro atoms. The van der Waals surface area contributed by atoms with E-state index in [1.165, 1.54) is 27.3 Å². The lowest BCUT2D eigenvalue weighted by molar-refractivity contribution is -0.117. The Morgan fingerprint density at radius 2 is 1.96 bits per heavy atom. The molecule has 24 heavy (non-hydrogen) atoms. The summed E-state index contributed by atoms with van der Waals surface area (Å²) >= 11 is 0. The van der Waals surface area contributed by atoms with Gasteiger partial charge in [-0.2, -0.15) is 0 Å². The summed E-state index contributed by atoms with van der Waals surface area (Å²) in [5, 5.41) is 0. The van der Waals surface area contributed by atoms with Crippen LogP contribution < -0.4 is 9.47 Å². The van der Waals surface area contributed by atoms with Gasteiger partial charge in [-0.25, -0.2) is 9.78 Å². The number of carbonyl (C=O) groups is 2. The molecule has 0 aliphatic rings. The molecule has 2 aromatic rings. The van der Waals surface area contributed by atoms with Gasteiger partial charge in [0, 0.05) is 24.9 Å². The van der Waals surface area contributed by atoms with Crippen molar-refractivity contribution in [3.63, 3.8) is 0 Å². The molecule has 2 rings (SSSR count). The molecule has 7 heteroatoms. The lowest BCUT2D eigenvalue weighted by Crippen LogP contribution is -2.11. The van der Waals surface area contributed by atoms with E-state index in [9.17, 15) is 9.59 Å². The molecule has 0 amide bonds. The van der Waals surface area contributed by atoms with Gasteiger partial charge >= 0.3 is 5.97 Å². The number of nitrogens with zero attached hydrogens (tertiary/aromatic N) is 2. The quantitative estimate of drug-likeness (QED) is 0.720. The molecule has 126 valence electrons. The van der Waals surface area contributed by atoms with Gasteiger partial charge in [0.2, 0.25) is 5.88 Å². The fraction of sp³-hybridized carbons (Fsp3) is 0.294. The first-order valence-corrected chi connectivity index (χ1v) is 7.26. The van der Waals surface area contributed by atoms with Crippen LogP contribution in [0.15, 0.2) is 30.6 Å². The van der Waals surface area contributed by atoms with E-state index >= 15 is 0 Å². The van der Waals surface area contributed by atoms with Crippen LogP contribution >= 0.6 is 0 Å². The van der Waals surface area contributed by atoms with E-state index in [2.05, 4.69) is 9.97 Å². The van der Waals surface area contributed by atoms with Gasteiger partial charge in [0.15, 0.2) is 0 Å². The number of aromatic nitrogens is 2. The number of carbonyl (C=O) groups excluding carboxylic acids is 2. The average molecular weight is 330 g/mol. The van der Waals surface area contributed by atoms with Crippen molar-refractivity contribution in [1.82, 2.24) is 9.97 Å². The van der Waals surface area contributed by atoms with Crippen molar-refractivity contribution >= 4 is 11.8 Å². The number of hydrogen-bond acceptors (Lipinski definition) is 7. The molecule has 0 atom stereocenters. The Labute approximate surface area is 139 Å². The highest BCUT2D eigenvalue weighted by Crippen LogP contribution is 2.32. The Kier molecular flexibility index (Phi) is 5.83. The minimum Gasteiger partial charge on any atom is -0.496 e. The summed E-state index contributed by atoms with van der Waals surface area (Å²) in [7, 11) is 3.01. The largest absolute Gasteiger partial charge is 0.496 e. The fourth-order valence-corrected chi connectivity index (χ4v) is 2.03. The van der Waals surface area contributed by atoms with Crippen LogP contribution in [0.2, 0.25) is 0 Å². The third-order valence-electron chi connectivity index (χ3n) is 3.24. The van der Waals surface area contributed by atoms with E-state index in [0.717, 1.165) is 0 Å². The molecule has 0 saturated carbocycles. The molecule has 0 fully saturated rings. The zero-order valence-electron chi connectivity index (χ0n) is 13.7. The van der Waals surface area contributed by atoms with Crippen molar-refractivity contribution in [2.45, 2.75) is 13.3 Å². The number of Topliss-reactive ketones (excluding diaryl/α,β-unsaturated/α-hetero) is 1. The van der Waals surface area contributed by atoms with Gasteiger partial charge in [-0.1, -0.05) is 0 Å². The van der Waals surface area contributed by atoms with Crippen LogP contribution in [-0.2, 0) is 9.53 Å². The van der Waals surface area contributed by atoms with Crippen LogP contribution in [0, 0.1) is 0 Å². The van der Waals surface area contributed by atoms with Crippen LogP contribution in [0.5, 0.6) is 11.6 Å². The minimum atomic E-state index is -0.558. The lowest BCUT2D eigenvalue weighted by Gasteiger charge is -2.12. The average Bonchev–Trinajstić information content (AvgIpc) is 2.60. The van der Waals surface area contributed by atoms with Gasteiger partial charge in [0.25, 0.3) is 0 Å². The predicted molar refractivity (Wildman–Crippen MR) is 86.2 cm³/mol. The summed E-state index contributed by atoms with van der Waals surface area (Å²) < 4.78 is 15.5. The SMILES string of the molecule is COc1cc(OC)c(-c2ncccc2C(=O)OCCC(C)=O)cn1. The van der Waals surface area contributed by atoms with Gasteiger partial charge in [-0.05, 0) is 19.1 Å². The maximum Gasteiger partial charge on any atom is 0.340 e. The van der Waals surface area contributed by atoms with Gasteiger partial charge in [-0.3, -0.25) is 9.78 Å². The monoisotopic (exact) mass is 330 g/mol. The maximum absolute atomic E-state index is 12.3. The van der Waals surface area contributed by atoms with Crippen LogP contribution in [0.3, 0.4) is 0 Å². The molecule has 7 nitrogen and oxygen atoms in total. The Morgan fingerprint density at radius 1 is 1.17 bits per heavy atom. The third-order valence-corrected chi connectivity index (χ3v) is 3.24. The highest BCUT2D eigenvalue weighted by Gasteiger charge is 2.19. The zero-order valence-corrected chi connectivity index (χ0v) is 13.7. The summed E-state index contributed by atoms with van der Waals surface area (Å²) in [4.78, 5) is 31.6. The topological polar surface area (TPSA) is 87.6 Å². The second kappa shape index (κ2) is 8.05. The molecule has 2 heterocycles. The Morgan fingerprint density at radius 3 is 2.62 bits per heavy atom. The standard InChI is InChI=1S/C17H18N2O5/c1-11(20)6-8-24-17(21)12-5-4-7-18-16(12)13-10-19-15(23-3)9-14(13)22-2/h4-5,7,9-10H,6,8H2,1-3H3. The molecule has 0 radical (unpaired) electrons. The smallest absolute Gasteiger partial charge is 0.340 e. The molecule has 0 aromatic carbocycles. The van der Waals surface area contributed by atoms with E-state index in [1.807, 2.05) is 0 Å². The van der Waals surface area contributed by atoms with Crippen molar-refractivity contribution < 1.29 is 23.8 Å². The van der Waals surface area contributed by atoms with Crippen molar-refractivity contribution in [2.75, 3.05) is 20.8 Å². The lowest BCUT2D eigenvalue weighted by atomic mass is 10.1. The van der Waals surface area contributed by atoms with Crippen molar-refractivity contribution in [3.05, 3.63) is 36.2 Å². The van der Waals surface area contributed by atoms with Gasteiger partial charge in [0.1, 0.15) is 11.5 Å². The molecule has 0 saturated heterocycles. The number of methoxy groups -OCH3 is 2. The van der Waals surface area contributed by atoms with Crippen molar-refractivity contribution in [3.8, 4) is 22.9 Å². The number of ether oxygens (including phenoxy) is 3. The second-order valence-corrected chi connectivity index (χ2v) is 4.91. The molecule has 2 aromatic heterocycles. The summed E-state index contributed by atoms with van der Waals surface area (Å²) in [6.07, 6.45) is 3.26. The zero-order chi connectivity index (χ0) is 17.5. The molecule has 0 aliphatic heterocycles. The van der Waals surface area contributed by atoms with E-state index < -0.39 is 5.97 Å². The van der Waals surface area contributed by atoms with Gasteiger partial charge in [-0.15, -0.1) is 0 Å². The molecular weight excluding hydrogens is 312 g/mol. The predicted octanol–water partition coefficient (Wildman–Crippen LogP) is 2.30. The Hall–Kier alpha value is -2.96.